The van der Waals surface area contributed by atoms with Crippen molar-refractivity contribution in [2.45, 2.75) is 6.61 Å². The monoisotopic (exact) mass is 244 g/mol. The van der Waals surface area contributed by atoms with Crippen LogP contribution in [0.5, 0.6) is 0 Å². The Hall–Kier alpha value is -2.39. The van der Waals surface area contributed by atoms with Crippen LogP contribution in [0.25, 0.3) is 11.5 Å². The maximum absolute atomic E-state index is 9.14. The Kier molecular flexibility index (Phi) is 3.26. The van der Waals surface area contributed by atoms with E-state index in [4.69, 9.17) is 14.9 Å². The third-order valence-corrected chi connectivity index (χ3v) is 2.37. The van der Waals surface area contributed by atoms with Gasteiger partial charge in [-0.05, 0) is 28.9 Å². The fourth-order valence-electron chi connectivity index (χ4n) is 1.49. The van der Waals surface area contributed by atoms with Crippen molar-refractivity contribution in [1.29, 1.82) is 5.26 Å². The van der Waals surface area contributed by atoms with Crippen LogP contribution >= 0.6 is 0 Å². The Bertz CT molecular complexity index is 598. The molecule has 0 aliphatic rings. The zero-order valence-electron chi connectivity index (χ0n) is 10.1. The van der Waals surface area contributed by atoms with Gasteiger partial charge in [0.25, 0.3) is 11.8 Å². The predicted molar refractivity (Wildman–Crippen MR) is 64.7 cm³/mol. The molecule has 0 unspecified atom stereocenters. The molecule has 0 bridgehead atoms. The van der Waals surface area contributed by atoms with Crippen molar-refractivity contribution >= 4 is 5.95 Å². The third-order valence-electron chi connectivity index (χ3n) is 2.37. The molecule has 0 aliphatic carbocycles. The molecule has 0 amide bonds. The molecule has 2 rings (SSSR count). The summed E-state index contributed by atoms with van der Waals surface area (Å²) in [6.07, 6.45) is 0. The minimum absolute atomic E-state index is 0.142. The van der Waals surface area contributed by atoms with Gasteiger partial charge >= 0.3 is 0 Å². The van der Waals surface area contributed by atoms with Crippen molar-refractivity contribution in [3.63, 3.8) is 0 Å². The van der Waals surface area contributed by atoms with Crippen molar-refractivity contribution < 1.29 is 9.63 Å². The van der Waals surface area contributed by atoms with E-state index >= 15 is 0 Å². The van der Waals surface area contributed by atoms with Gasteiger partial charge in [-0.25, -0.2) is 0 Å². The fourth-order valence-corrected chi connectivity index (χ4v) is 1.49. The first-order valence-electron chi connectivity index (χ1n) is 5.30. The van der Waals surface area contributed by atoms with E-state index in [0.29, 0.717) is 28.5 Å². The van der Waals surface area contributed by atoms with Crippen LogP contribution in [0.3, 0.4) is 0 Å². The van der Waals surface area contributed by atoms with Gasteiger partial charge in [0, 0.05) is 19.7 Å². The average Bonchev–Trinajstić information content (AvgIpc) is 2.87. The Morgan fingerprint density at radius 2 is 2.17 bits per heavy atom. The SMILES string of the molecule is CN(C)c1noc(-c2cc(C#N)cc(CO)c2)n1. The van der Waals surface area contributed by atoms with Gasteiger partial charge < -0.3 is 14.5 Å². The summed E-state index contributed by atoms with van der Waals surface area (Å²) in [7, 11) is 3.61. The number of hydrogen-bond acceptors (Lipinski definition) is 6. The van der Waals surface area contributed by atoms with Gasteiger partial charge in [-0.15, -0.1) is 0 Å². The molecular weight excluding hydrogens is 232 g/mol. The Balaban J connectivity index is 2.46. The molecule has 0 aliphatic heterocycles. The number of nitrogens with zero attached hydrogens (tertiary/aromatic N) is 4. The molecule has 6 nitrogen and oxygen atoms in total. The summed E-state index contributed by atoms with van der Waals surface area (Å²) in [5.41, 5.74) is 1.70. The van der Waals surface area contributed by atoms with Gasteiger partial charge in [0.15, 0.2) is 0 Å². The summed E-state index contributed by atoms with van der Waals surface area (Å²) in [5, 5.41) is 21.9. The lowest BCUT2D eigenvalue weighted by atomic mass is 10.1. The highest BCUT2D eigenvalue weighted by Crippen LogP contribution is 2.22. The number of nitriles is 1. The molecule has 92 valence electrons. The van der Waals surface area contributed by atoms with Crippen LogP contribution in [-0.2, 0) is 6.61 Å². The van der Waals surface area contributed by atoms with Crippen molar-refractivity contribution in [3.05, 3.63) is 29.3 Å². The topological polar surface area (TPSA) is 86.2 Å². The summed E-state index contributed by atoms with van der Waals surface area (Å²) in [4.78, 5) is 5.90. The van der Waals surface area contributed by atoms with E-state index in [9.17, 15) is 0 Å². The quantitative estimate of drug-likeness (QED) is 0.872. The number of rotatable bonds is 3. The van der Waals surface area contributed by atoms with Crippen LogP contribution < -0.4 is 4.90 Å². The number of benzene rings is 1. The number of anilines is 1. The third kappa shape index (κ3) is 2.31. The molecule has 6 heteroatoms. The van der Waals surface area contributed by atoms with Gasteiger partial charge in [-0.2, -0.15) is 10.2 Å². The van der Waals surface area contributed by atoms with Gasteiger partial charge in [-0.3, -0.25) is 0 Å². The summed E-state index contributed by atoms with van der Waals surface area (Å²) >= 11 is 0. The zero-order valence-corrected chi connectivity index (χ0v) is 10.1. The van der Waals surface area contributed by atoms with E-state index in [1.54, 1.807) is 37.2 Å². The highest BCUT2D eigenvalue weighted by atomic mass is 16.5. The second-order valence-electron chi connectivity index (χ2n) is 3.98. The molecule has 18 heavy (non-hydrogen) atoms. The second-order valence-corrected chi connectivity index (χ2v) is 3.98. The van der Waals surface area contributed by atoms with Crippen LogP contribution in [0.1, 0.15) is 11.1 Å². The zero-order chi connectivity index (χ0) is 13.1. The van der Waals surface area contributed by atoms with Gasteiger partial charge in [0.2, 0.25) is 0 Å². The molecule has 1 heterocycles. The van der Waals surface area contributed by atoms with Crippen LogP contribution in [0, 0.1) is 11.3 Å². The molecular formula is C12H12N4O2. The van der Waals surface area contributed by atoms with Gasteiger partial charge in [0.1, 0.15) is 0 Å². The fraction of sp³-hybridized carbons (Fsp3) is 0.250. The standard InChI is InChI=1S/C12H12N4O2/c1-16(2)12-14-11(18-15-12)10-4-8(6-13)3-9(5-10)7-17/h3-5,17H,7H2,1-2H3. The summed E-state index contributed by atoms with van der Waals surface area (Å²) in [6, 6.07) is 7.01. The lowest BCUT2D eigenvalue weighted by molar-refractivity contribution is 0.282. The molecule has 0 atom stereocenters. The molecule has 0 saturated carbocycles. The van der Waals surface area contributed by atoms with E-state index in [2.05, 4.69) is 10.1 Å². The van der Waals surface area contributed by atoms with Gasteiger partial charge in [0.05, 0.1) is 18.2 Å². The Morgan fingerprint density at radius 1 is 1.39 bits per heavy atom. The highest BCUT2D eigenvalue weighted by Gasteiger charge is 2.11. The lowest BCUT2D eigenvalue weighted by Gasteiger charge is -2.03. The number of aliphatic hydroxyl groups excluding tert-OH is 1. The molecule has 1 N–H and O–H groups in total. The Morgan fingerprint density at radius 3 is 2.72 bits per heavy atom. The van der Waals surface area contributed by atoms with E-state index < -0.39 is 0 Å². The molecule has 0 radical (unpaired) electrons. The first-order chi connectivity index (χ1) is 8.63. The summed E-state index contributed by atoms with van der Waals surface area (Å²) in [5.74, 6) is 0.781. The van der Waals surface area contributed by atoms with Crippen molar-refractivity contribution in [1.82, 2.24) is 10.1 Å². The highest BCUT2D eigenvalue weighted by molar-refractivity contribution is 5.59. The Labute approximate surface area is 104 Å². The van der Waals surface area contributed by atoms with E-state index in [-0.39, 0.29) is 6.61 Å². The summed E-state index contributed by atoms with van der Waals surface area (Å²) in [6.45, 7) is -0.142. The predicted octanol–water partition coefficient (Wildman–Crippen LogP) is 1.17. The smallest absolute Gasteiger partial charge is 0.265 e. The first-order valence-corrected chi connectivity index (χ1v) is 5.30. The maximum atomic E-state index is 9.14. The number of aliphatic hydroxyl groups is 1. The van der Waals surface area contributed by atoms with Crippen LogP contribution in [0.15, 0.2) is 22.7 Å². The number of hydrogen-bond donors (Lipinski definition) is 1. The molecule has 0 spiro atoms. The normalized spacial score (nSPS) is 10.1. The van der Waals surface area contributed by atoms with E-state index in [1.165, 1.54) is 0 Å². The van der Waals surface area contributed by atoms with Crippen LogP contribution in [-0.4, -0.2) is 29.3 Å². The molecule has 1 aromatic carbocycles. The maximum Gasteiger partial charge on any atom is 0.265 e. The van der Waals surface area contributed by atoms with Crippen molar-refractivity contribution in [3.8, 4) is 17.5 Å². The minimum atomic E-state index is -0.142. The van der Waals surface area contributed by atoms with E-state index in [0.717, 1.165) is 0 Å². The largest absolute Gasteiger partial charge is 0.392 e. The molecule has 0 saturated heterocycles. The van der Waals surface area contributed by atoms with Crippen LogP contribution in [0.4, 0.5) is 5.95 Å². The molecule has 0 fully saturated rings. The van der Waals surface area contributed by atoms with Crippen molar-refractivity contribution in [2.75, 3.05) is 19.0 Å². The minimum Gasteiger partial charge on any atom is -0.392 e. The van der Waals surface area contributed by atoms with Crippen molar-refractivity contribution in [2.24, 2.45) is 0 Å². The lowest BCUT2D eigenvalue weighted by Crippen LogP contribution is -2.10. The average molecular weight is 244 g/mol. The summed E-state index contributed by atoms with van der Waals surface area (Å²) < 4.78 is 5.12. The van der Waals surface area contributed by atoms with Crippen LogP contribution in [0.2, 0.25) is 0 Å². The molecule has 1 aromatic heterocycles. The second kappa shape index (κ2) is 4.85. The van der Waals surface area contributed by atoms with E-state index in [1.807, 2.05) is 6.07 Å². The first kappa shape index (κ1) is 12.1. The number of aromatic nitrogens is 2. The van der Waals surface area contributed by atoms with Gasteiger partial charge in [-0.1, -0.05) is 0 Å². The molecule has 2 aromatic rings.